The minimum Gasteiger partial charge on any atom is -0.381 e. The van der Waals surface area contributed by atoms with Crippen LogP contribution in [0.25, 0.3) is 11.0 Å². The van der Waals surface area contributed by atoms with E-state index in [4.69, 9.17) is 0 Å². The van der Waals surface area contributed by atoms with Gasteiger partial charge in [0.15, 0.2) is 23.7 Å². The molecule has 3 rings (SSSR count). The molecule has 1 amide bonds. The van der Waals surface area contributed by atoms with Crippen LogP contribution in [0.15, 0.2) is 54.6 Å². The van der Waals surface area contributed by atoms with Gasteiger partial charge in [0.1, 0.15) is 0 Å². The molecule has 1 atom stereocenters. The minimum absolute atomic E-state index is 0.0159. The van der Waals surface area contributed by atoms with Crippen molar-refractivity contribution in [1.82, 2.24) is 4.98 Å². The molecule has 0 radical (unpaired) electrons. The lowest BCUT2D eigenvalue weighted by atomic mass is 10.2. The number of rotatable bonds is 5. The molecule has 25 heavy (non-hydrogen) atoms. The van der Waals surface area contributed by atoms with Crippen molar-refractivity contribution in [1.29, 1.82) is 0 Å². The van der Waals surface area contributed by atoms with Crippen molar-refractivity contribution >= 4 is 22.6 Å². The van der Waals surface area contributed by atoms with Gasteiger partial charge < -0.3 is 10.0 Å². The van der Waals surface area contributed by atoms with Crippen molar-refractivity contribution in [2.24, 2.45) is 0 Å². The fraction of sp³-hybridized carbons (Fsp3) is 0.300. The van der Waals surface area contributed by atoms with Gasteiger partial charge in [0.2, 0.25) is 0 Å². The van der Waals surface area contributed by atoms with Crippen molar-refractivity contribution in [2.75, 3.05) is 4.90 Å². The molecule has 0 bridgehead atoms. The van der Waals surface area contributed by atoms with Crippen LogP contribution in [-0.2, 0) is 11.3 Å². The van der Waals surface area contributed by atoms with Crippen LogP contribution in [0.1, 0.15) is 32.7 Å². The van der Waals surface area contributed by atoms with Crippen molar-refractivity contribution < 1.29 is 14.5 Å². The van der Waals surface area contributed by atoms with Crippen molar-refractivity contribution in [3.63, 3.8) is 0 Å². The van der Waals surface area contributed by atoms with E-state index in [1.54, 1.807) is 11.8 Å². The number of anilines is 1. The summed E-state index contributed by atoms with van der Waals surface area (Å²) in [5.74, 6) is 0.615. The molecule has 5 heteroatoms. The van der Waals surface area contributed by atoms with E-state index in [0.29, 0.717) is 5.82 Å². The zero-order valence-corrected chi connectivity index (χ0v) is 14.8. The fourth-order valence-electron chi connectivity index (χ4n) is 3.18. The van der Waals surface area contributed by atoms with Crippen LogP contribution < -0.4 is 9.47 Å². The Morgan fingerprint density at radius 1 is 1.08 bits per heavy atom. The summed E-state index contributed by atoms with van der Waals surface area (Å²) in [6.45, 7) is 5.86. The van der Waals surface area contributed by atoms with E-state index in [9.17, 15) is 9.90 Å². The molecule has 3 aromatic rings. The van der Waals surface area contributed by atoms with Crippen molar-refractivity contribution in [3.05, 3.63) is 60.4 Å². The first-order chi connectivity index (χ1) is 12.0. The molecule has 0 spiro atoms. The van der Waals surface area contributed by atoms with Crippen molar-refractivity contribution in [2.45, 2.75) is 39.5 Å². The van der Waals surface area contributed by atoms with Crippen LogP contribution in [0, 0.1) is 0 Å². The Morgan fingerprint density at radius 3 is 2.36 bits per heavy atom. The summed E-state index contributed by atoms with van der Waals surface area (Å²) >= 11 is 0. The summed E-state index contributed by atoms with van der Waals surface area (Å²) in [7, 11) is 0. The Balaban J connectivity index is 1.99. The van der Waals surface area contributed by atoms with Gasteiger partial charge in [-0.25, -0.2) is 9.55 Å². The molecule has 130 valence electrons. The molecule has 2 N–H and O–H groups in total. The largest absolute Gasteiger partial charge is 0.381 e. The number of fused-ring (bicyclic) bond motifs is 1. The lowest BCUT2D eigenvalue weighted by molar-refractivity contribution is -0.669. The number of amides is 1. The van der Waals surface area contributed by atoms with Gasteiger partial charge in [-0.05, 0) is 45.0 Å². The first kappa shape index (κ1) is 17.2. The van der Waals surface area contributed by atoms with Crippen LogP contribution in [-0.4, -0.2) is 22.0 Å². The molecule has 0 saturated carbocycles. The monoisotopic (exact) mass is 338 g/mol. The summed E-state index contributed by atoms with van der Waals surface area (Å²) in [6.07, 6.45) is -0.690. The van der Waals surface area contributed by atoms with E-state index in [1.165, 1.54) is 0 Å². The number of benzene rings is 2. The molecule has 5 nitrogen and oxygen atoms in total. The maximum atomic E-state index is 13.1. The Morgan fingerprint density at radius 2 is 1.72 bits per heavy atom. The average molecular weight is 338 g/mol. The summed E-state index contributed by atoms with van der Waals surface area (Å²) in [4.78, 5) is 18.1. The Hall–Kier alpha value is -2.66. The molecule has 1 unspecified atom stereocenters. The van der Waals surface area contributed by atoms with E-state index in [0.717, 1.165) is 16.7 Å². The van der Waals surface area contributed by atoms with Crippen LogP contribution in [0.4, 0.5) is 5.69 Å². The average Bonchev–Trinajstić information content (AvgIpc) is 2.95. The maximum absolute atomic E-state index is 13.1. The third-order valence-electron chi connectivity index (χ3n) is 4.26. The second kappa shape index (κ2) is 7.07. The number of imidazole rings is 1. The van der Waals surface area contributed by atoms with Gasteiger partial charge in [0.05, 0.1) is 0 Å². The second-order valence-electron chi connectivity index (χ2n) is 6.48. The molecular weight excluding hydrogens is 314 g/mol. The number of hydrogen-bond acceptors (Lipinski definition) is 2. The predicted molar refractivity (Wildman–Crippen MR) is 98.2 cm³/mol. The molecule has 1 heterocycles. The van der Waals surface area contributed by atoms with Gasteiger partial charge in [-0.15, -0.1) is 0 Å². The lowest BCUT2D eigenvalue weighted by Gasteiger charge is -2.26. The van der Waals surface area contributed by atoms with Crippen LogP contribution in [0.5, 0.6) is 0 Å². The van der Waals surface area contributed by atoms with E-state index >= 15 is 0 Å². The number of aromatic amines is 1. The third-order valence-corrected chi connectivity index (χ3v) is 4.26. The van der Waals surface area contributed by atoms with E-state index < -0.39 is 6.10 Å². The molecule has 0 saturated heterocycles. The summed E-state index contributed by atoms with van der Waals surface area (Å²) < 4.78 is 1.86. The Bertz CT molecular complexity index is 869. The summed E-state index contributed by atoms with van der Waals surface area (Å²) in [5, 5.41) is 10.1. The van der Waals surface area contributed by atoms with E-state index in [1.807, 2.05) is 73.0 Å². The molecule has 1 aromatic heterocycles. The number of H-pyrrole nitrogens is 1. The number of aliphatic hydroxyl groups is 1. The summed E-state index contributed by atoms with van der Waals surface area (Å²) in [5.41, 5.74) is 2.69. The standard InChI is InChI=1S/C20H23N3O2/c1-14(2)23(16-9-5-4-6-10-16)19(25)13-22-18-12-8-7-11-17(18)21-20(22)15(3)24/h4-12,14-15,24H,13H2,1-3H3/p+1. The van der Waals surface area contributed by atoms with Gasteiger partial charge in [-0.3, -0.25) is 4.79 Å². The molecule has 0 aliphatic rings. The highest BCUT2D eigenvalue weighted by Crippen LogP contribution is 2.18. The molecular formula is C20H24N3O2+. The molecule has 0 aliphatic heterocycles. The first-order valence-corrected chi connectivity index (χ1v) is 8.54. The van der Waals surface area contributed by atoms with Gasteiger partial charge in [0, 0.05) is 11.7 Å². The highest BCUT2D eigenvalue weighted by Gasteiger charge is 2.27. The number of nitrogens with one attached hydrogen (secondary N) is 1. The number of aromatic nitrogens is 2. The Labute approximate surface area is 147 Å². The summed E-state index contributed by atoms with van der Waals surface area (Å²) in [6, 6.07) is 17.5. The number of nitrogens with zero attached hydrogens (tertiary/aromatic N) is 2. The molecule has 2 aromatic carbocycles. The van der Waals surface area contributed by atoms with Crippen LogP contribution in [0.2, 0.25) is 0 Å². The smallest absolute Gasteiger partial charge is 0.284 e. The highest BCUT2D eigenvalue weighted by molar-refractivity contribution is 5.93. The number of para-hydroxylation sites is 3. The predicted octanol–water partition coefficient (Wildman–Crippen LogP) is 2.95. The highest BCUT2D eigenvalue weighted by atomic mass is 16.3. The first-order valence-electron chi connectivity index (χ1n) is 8.54. The van der Waals surface area contributed by atoms with E-state index in [2.05, 4.69) is 4.98 Å². The number of carbonyl (C=O) groups excluding carboxylic acids is 1. The van der Waals surface area contributed by atoms with Gasteiger partial charge in [-0.2, -0.15) is 0 Å². The third kappa shape index (κ3) is 3.42. The van der Waals surface area contributed by atoms with E-state index in [-0.39, 0.29) is 18.5 Å². The SMILES string of the molecule is CC(O)c1[nH]c2ccccc2[n+]1CC(=O)N(c1ccccc1)C(C)C. The van der Waals surface area contributed by atoms with Crippen LogP contribution in [0.3, 0.4) is 0 Å². The Kier molecular flexibility index (Phi) is 4.86. The van der Waals surface area contributed by atoms with Gasteiger partial charge >= 0.3 is 0 Å². The zero-order valence-electron chi connectivity index (χ0n) is 14.8. The second-order valence-corrected chi connectivity index (χ2v) is 6.48. The quantitative estimate of drug-likeness (QED) is 0.703. The topological polar surface area (TPSA) is 60.2 Å². The van der Waals surface area contributed by atoms with Gasteiger partial charge in [0.25, 0.3) is 11.7 Å². The lowest BCUT2D eigenvalue weighted by Crippen LogP contribution is -2.49. The molecule has 0 aliphatic carbocycles. The molecule has 0 fully saturated rings. The van der Waals surface area contributed by atoms with Crippen molar-refractivity contribution in [3.8, 4) is 0 Å². The van der Waals surface area contributed by atoms with Crippen LogP contribution >= 0.6 is 0 Å². The minimum atomic E-state index is -0.690. The number of carbonyl (C=O) groups is 1. The number of hydrogen-bond donors (Lipinski definition) is 2. The fourth-order valence-corrected chi connectivity index (χ4v) is 3.18. The normalized spacial score (nSPS) is 12.5. The maximum Gasteiger partial charge on any atom is 0.284 e. The zero-order chi connectivity index (χ0) is 18.0. The van der Waals surface area contributed by atoms with Gasteiger partial charge in [-0.1, -0.05) is 30.3 Å². The number of aliphatic hydroxyl groups excluding tert-OH is 1.